The minimum absolute atomic E-state index is 0.0187. The molecule has 0 radical (unpaired) electrons. The van der Waals surface area contributed by atoms with Crippen molar-refractivity contribution < 1.29 is 24.2 Å². The maximum Gasteiger partial charge on any atom is 0.326 e. The van der Waals surface area contributed by atoms with Gasteiger partial charge in [-0.05, 0) is 42.9 Å². The molecule has 1 saturated heterocycles. The van der Waals surface area contributed by atoms with Gasteiger partial charge in [0.1, 0.15) is 19.3 Å². The van der Waals surface area contributed by atoms with Crippen molar-refractivity contribution >= 4 is 11.9 Å². The molecule has 0 spiro atoms. The zero-order valence-corrected chi connectivity index (χ0v) is 12.7. The first-order chi connectivity index (χ1) is 11.1. The number of hydrogen-bond acceptors (Lipinski definition) is 4. The molecule has 2 heterocycles. The second-order valence-corrected chi connectivity index (χ2v) is 6.38. The summed E-state index contributed by atoms with van der Waals surface area (Å²) in [7, 11) is 0. The first kappa shape index (κ1) is 14.4. The molecule has 1 aliphatic carbocycles. The molecule has 1 aromatic carbocycles. The van der Waals surface area contributed by atoms with Gasteiger partial charge in [0, 0.05) is 12.5 Å². The Hall–Kier alpha value is -2.24. The van der Waals surface area contributed by atoms with Crippen LogP contribution in [-0.2, 0) is 9.59 Å². The third kappa shape index (κ3) is 2.52. The summed E-state index contributed by atoms with van der Waals surface area (Å²) in [5.41, 5.74) is 1.07. The molecule has 2 fully saturated rings. The molecule has 6 heteroatoms. The van der Waals surface area contributed by atoms with Crippen LogP contribution >= 0.6 is 0 Å². The molecular formula is C17H19NO5. The van der Waals surface area contributed by atoms with E-state index >= 15 is 0 Å². The number of carboxylic acid groups (broad SMARTS) is 1. The molecule has 2 aliphatic heterocycles. The van der Waals surface area contributed by atoms with E-state index in [0.29, 0.717) is 26.2 Å². The lowest BCUT2D eigenvalue weighted by Gasteiger charge is -2.22. The molecule has 1 N–H and O–H groups in total. The van der Waals surface area contributed by atoms with E-state index in [1.807, 2.05) is 18.2 Å². The largest absolute Gasteiger partial charge is 0.486 e. The van der Waals surface area contributed by atoms with Gasteiger partial charge in [-0.2, -0.15) is 0 Å². The van der Waals surface area contributed by atoms with E-state index in [9.17, 15) is 14.7 Å². The maximum absolute atomic E-state index is 12.6. The molecule has 3 aliphatic rings. The number of fused-ring (bicyclic) bond motifs is 1. The zero-order valence-electron chi connectivity index (χ0n) is 12.7. The van der Waals surface area contributed by atoms with Crippen LogP contribution in [0.25, 0.3) is 0 Å². The number of carboxylic acids is 1. The zero-order chi connectivity index (χ0) is 16.0. The van der Waals surface area contributed by atoms with Crippen LogP contribution in [0.15, 0.2) is 18.2 Å². The maximum atomic E-state index is 12.6. The number of ether oxygens (including phenoxy) is 2. The van der Waals surface area contributed by atoms with E-state index in [-0.39, 0.29) is 17.7 Å². The molecule has 1 saturated carbocycles. The predicted molar refractivity (Wildman–Crippen MR) is 80.7 cm³/mol. The predicted octanol–water partition coefficient (Wildman–Crippen LogP) is 1.64. The fraction of sp³-hybridized carbons (Fsp3) is 0.529. The molecular weight excluding hydrogens is 298 g/mol. The van der Waals surface area contributed by atoms with Crippen molar-refractivity contribution in [3.05, 3.63) is 23.8 Å². The molecule has 0 bridgehead atoms. The summed E-state index contributed by atoms with van der Waals surface area (Å²) in [5.74, 6) is 0.624. The molecule has 4 rings (SSSR count). The van der Waals surface area contributed by atoms with Gasteiger partial charge in [-0.3, -0.25) is 4.79 Å². The number of nitrogens with zero attached hydrogens (tertiary/aromatic N) is 1. The molecule has 3 atom stereocenters. The highest BCUT2D eigenvalue weighted by molar-refractivity contribution is 5.88. The number of hydrogen-bond donors (Lipinski definition) is 1. The lowest BCUT2D eigenvalue weighted by Crippen LogP contribution is -2.41. The van der Waals surface area contributed by atoms with Gasteiger partial charge in [0.15, 0.2) is 11.5 Å². The van der Waals surface area contributed by atoms with Crippen molar-refractivity contribution in [3.8, 4) is 11.5 Å². The van der Waals surface area contributed by atoms with Gasteiger partial charge < -0.3 is 19.5 Å². The fourth-order valence-electron chi connectivity index (χ4n) is 3.63. The van der Waals surface area contributed by atoms with E-state index in [0.717, 1.165) is 29.9 Å². The molecule has 6 nitrogen and oxygen atoms in total. The van der Waals surface area contributed by atoms with Crippen LogP contribution in [0.1, 0.15) is 30.7 Å². The van der Waals surface area contributed by atoms with Crippen LogP contribution in [0.5, 0.6) is 11.5 Å². The van der Waals surface area contributed by atoms with E-state index in [4.69, 9.17) is 9.47 Å². The van der Waals surface area contributed by atoms with Crippen molar-refractivity contribution in [1.29, 1.82) is 0 Å². The van der Waals surface area contributed by atoms with Crippen LogP contribution in [0.4, 0.5) is 0 Å². The Morgan fingerprint density at radius 1 is 1.17 bits per heavy atom. The van der Waals surface area contributed by atoms with Crippen molar-refractivity contribution in [2.75, 3.05) is 19.8 Å². The molecule has 1 aromatic rings. The highest BCUT2D eigenvalue weighted by atomic mass is 16.6. The van der Waals surface area contributed by atoms with Gasteiger partial charge in [0.25, 0.3) is 0 Å². The summed E-state index contributed by atoms with van der Waals surface area (Å²) in [6.07, 6.45) is 2.11. The Morgan fingerprint density at radius 2 is 1.96 bits per heavy atom. The van der Waals surface area contributed by atoms with Gasteiger partial charge >= 0.3 is 5.97 Å². The quantitative estimate of drug-likeness (QED) is 0.917. The van der Waals surface area contributed by atoms with Gasteiger partial charge in [-0.1, -0.05) is 6.07 Å². The summed E-state index contributed by atoms with van der Waals surface area (Å²) in [5, 5.41) is 9.23. The SMILES string of the molecule is O=C(O)C1CCCN1C(=O)C1CC1c1ccc2c(c1)OCCO2. The summed E-state index contributed by atoms with van der Waals surface area (Å²) in [4.78, 5) is 25.4. The lowest BCUT2D eigenvalue weighted by molar-refractivity contribution is -0.148. The van der Waals surface area contributed by atoms with Crippen molar-refractivity contribution in [2.24, 2.45) is 5.92 Å². The number of benzene rings is 1. The second kappa shape index (κ2) is 5.44. The Labute approximate surface area is 134 Å². The number of aliphatic carboxylic acids is 1. The first-order valence-corrected chi connectivity index (χ1v) is 8.08. The molecule has 1 amide bonds. The highest BCUT2D eigenvalue weighted by Crippen LogP contribution is 2.50. The summed E-state index contributed by atoms with van der Waals surface area (Å²) in [6.45, 7) is 1.65. The number of carbonyl (C=O) groups excluding carboxylic acids is 1. The minimum Gasteiger partial charge on any atom is -0.486 e. The first-order valence-electron chi connectivity index (χ1n) is 8.08. The van der Waals surface area contributed by atoms with E-state index in [1.165, 1.54) is 0 Å². The number of rotatable bonds is 3. The van der Waals surface area contributed by atoms with Gasteiger partial charge in [-0.25, -0.2) is 4.79 Å². The van der Waals surface area contributed by atoms with Crippen LogP contribution < -0.4 is 9.47 Å². The van der Waals surface area contributed by atoms with Crippen molar-refractivity contribution in [1.82, 2.24) is 4.90 Å². The van der Waals surface area contributed by atoms with E-state index < -0.39 is 12.0 Å². The Balaban J connectivity index is 1.47. The van der Waals surface area contributed by atoms with Crippen LogP contribution in [0.3, 0.4) is 0 Å². The van der Waals surface area contributed by atoms with Crippen LogP contribution in [0, 0.1) is 5.92 Å². The fourth-order valence-corrected chi connectivity index (χ4v) is 3.63. The molecule has 0 aromatic heterocycles. The topological polar surface area (TPSA) is 76.1 Å². The molecule has 122 valence electrons. The Bertz CT molecular complexity index is 658. The Kier molecular flexibility index (Phi) is 3.39. The summed E-state index contributed by atoms with van der Waals surface area (Å²) in [6, 6.07) is 5.17. The molecule has 23 heavy (non-hydrogen) atoms. The number of carbonyl (C=O) groups is 2. The smallest absolute Gasteiger partial charge is 0.326 e. The van der Waals surface area contributed by atoms with Crippen LogP contribution in [-0.4, -0.2) is 47.7 Å². The summed E-state index contributed by atoms with van der Waals surface area (Å²) >= 11 is 0. The van der Waals surface area contributed by atoms with Gasteiger partial charge in [-0.15, -0.1) is 0 Å². The monoisotopic (exact) mass is 317 g/mol. The lowest BCUT2D eigenvalue weighted by atomic mass is 10.1. The Morgan fingerprint density at radius 3 is 2.74 bits per heavy atom. The molecule has 3 unspecified atom stereocenters. The average molecular weight is 317 g/mol. The third-order valence-corrected chi connectivity index (χ3v) is 4.92. The van der Waals surface area contributed by atoms with Gasteiger partial charge in [0.05, 0.1) is 0 Å². The van der Waals surface area contributed by atoms with Crippen molar-refractivity contribution in [3.63, 3.8) is 0 Å². The van der Waals surface area contributed by atoms with E-state index in [2.05, 4.69) is 0 Å². The van der Waals surface area contributed by atoms with Crippen molar-refractivity contribution in [2.45, 2.75) is 31.2 Å². The standard InChI is InChI=1S/C17H19NO5/c19-16(18-5-1-2-13(18)17(20)21)12-9-11(12)10-3-4-14-15(8-10)23-7-6-22-14/h3-4,8,11-13H,1-2,5-7,9H2,(H,20,21). The third-order valence-electron chi connectivity index (χ3n) is 4.92. The summed E-state index contributed by atoms with van der Waals surface area (Å²) < 4.78 is 11.1. The normalized spacial score (nSPS) is 28.5. The number of likely N-dealkylation sites (tertiary alicyclic amines) is 1. The van der Waals surface area contributed by atoms with Gasteiger partial charge in [0.2, 0.25) is 5.91 Å². The van der Waals surface area contributed by atoms with Crippen LogP contribution in [0.2, 0.25) is 0 Å². The number of amides is 1. The minimum atomic E-state index is -0.896. The second-order valence-electron chi connectivity index (χ2n) is 6.38. The average Bonchev–Trinajstić information content (AvgIpc) is 3.21. The highest BCUT2D eigenvalue weighted by Gasteiger charge is 2.48. The van der Waals surface area contributed by atoms with E-state index in [1.54, 1.807) is 4.90 Å².